The second-order valence-electron chi connectivity index (χ2n) is 5.77. The number of rotatable bonds is 2. The fourth-order valence-corrected chi connectivity index (χ4v) is 3.20. The Kier molecular flexibility index (Phi) is 4.05. The van der Waals surface area contributed by atoms with Crippen molar-refractivity contribution in [1.82, 2.24) is 14.5 Å². The van der Waals surface area contributed by atoms with Gasteiger partial charge in [0.25, 0.3) is 0 Å². The third-order valence-corrected chi connectivity index (χ3v) is 4.30. The number of nitrogens with zero attached hydrogens (tertiary/aromatic N) is 3. The van der Waals surface area contributed by atoms with Crippen LogP contribution in [-0.2, 0) is 19.5 Å². The van der Waals surface area contributed by atoms with E-state index in [1.54, 1.807) is 24.7 Å². The molecular weight excluding hydrogens is 380 g/mol. The molecule has 122 valence electrons. The number of pyridine rings is 1. The van der Waals surface area contributed by atoms with Gasteiger partial charge in [-0.1, -0.05) is 30.3 Å². The summed E-state index contributed by atoms with van der Waals surface area (Å²) in [6, 6.07) is 17.1. The van der Waals surface area contributed by atoms with Crippen LogP contribution in [0.15, 0.2) is 77.7 Å². The summed E-state index contributed by atoms with van der Waals surface area (Å²) in [7, 11) is 0. The van der Waals surface area contributed by atoms with Crippen LogP contribution < -0.4 is 0 Å². The van der Waals surface area contributed by atoms with Crippen molar-refractivity contribution in [3.63, 3.8) is 0 Å². The smallest absolute Gasteiger partial charge is 0.231 e. The fourth-order valence-electron chi connectivity index (χ4n) is 3.20. The van der Waals surface area contributed by atoms with Crippen molar-refractivity contribution in [3.05, 3.63) is 73.3 Å². The molecular formula is C20H13N3O2Zn. The number of imidazole rings is 1. The average molecular weight is 393 g/mol. The summed E-state index contributed by atoms with van der Waals surface area (Å²) >= 11 is 0. The van der Waals surface area contributed by atoms with E-state index >= 15 is 0 Å². The van der Waals surface area contributed by atoms with Crippen molar-refractivity contribution < 1.29 is 29.0 Å². The summed E-state index contributed by atoms with van der Waals surface area (Å²) in [5, 5.41) is 12.6. The second-order valence-corrected chi connectivity index (χ2v) is 5.77. The summed E-state index contributed by atoms with van der Waals surface area (Å²) in [6.07, 6.45) is 5.07. The van der Waals surface area contributed by atoms with Crippen LogP contribution in [0.5, 0.6) is 5.75 Å². The predicted octanol–water partition coefficient (Wildman–Crippen LogP) is 4.54. The molecule has 0 saturated heterocycles. The third kappa shape index (κ3) is 2.42. The molecule has 0 radical (unpaired) electrons. The molecule has 0 bridgehead atoms. The van der Waals surface area contributed by atoms with E-state index in [4.69, 9.17) is 9.40 Å². The molecule has 0 aliphatic heterocycles. The zero-order valence-electron chi connectivity index (χ0n) is 13.8. The van der Waals surface area contributed by atoms with Crippen molar-refractivity contribution >= 4 is 22.0 Å². The van der Waals surface area contributed by atoms with E-state index in [1.807, 2.05) is 53.1 Å². The van der Waals surface area contributed by atoms with E-state index in [1.165, 1.54) is 0 Å². The third-order valence-electron chi connectivity index (χ3n) is 4.30. The molecule has 0 saturated carbocycles. The number of aromatic nitrogens is 3. The molecule has 6 heteroatoms. The normalized spacial score (nSPS) is 10.9. The Labute approximate surface area is 161 Å². The largest absolute Gasteiger partial charge is 0.507 e. The number of hydrogen-bond donors (Lipinski definition) is 1. The molecule has 0 amide bonds. The van der Waals surface area contributed by atoms with Gasteiger partial charge in [0.15, 0.2) is 5.82 Å². The number of phenols is 1. The Hall–Kier alpha value is -2.98. The molecule has 26 heavy (non-hydrogen) atoms. The zero-order valence-corrected chi connectivity index (χ0v) is 16.8. The first-order valence-corrected chi connectivity index (χ1v) is 7.90. The Balaban J connectivity index is 0.00000168. The molecule has 1 N–H and O–H groups in total. The van der Waals surface area contributed by atoms with E-state index in [0.717, 1.165) is 22.0 Å². The van der Waals surface area contributed by atoms with Crippen LogP contribution in [0.4, 0.5) is 0 Å². The fraction of sp³-hybridized carbons (Fsp3) is 0. The molecule has 5 rings (SSSR count). The van der Waals surface area contributed by atoms with Crippen molar-refractivity contribution in [1.29, 1.82) is 0 Å². The number of aromatic hydroxyl groups is 1. The summed E-state index contributed by atoms with van der Waals surface area (Å²) in [5.74, 6) is 0.799. The van der Waals surface area contributed by atoms with Gasteiger partial charge in [0.2, 0.25) is 5.71 Å². The van der Waals surface area contributed by atoms with Gasteiger partial charge in [0.05, 0.1) is 23.7 Å². The van der Waals surface area contributed by atoms with Crippen LogP contribution in [0, 0.1) is 0 Å². The first-order valence-electron chi connectivity index (χ1n) is 7.90. The molecule has 3 aromatic heterocycles. The maximum absolute atomic E-state index is 10.6. The van der Waals surface area contributed by atoms with Crippen molar-refractivity contribution in [2.75, 3.05) is 0 Å². The number of hydrogen-bond acceptors (Lipinski definition) is 4. The van der Waals surface area contributed by atoms with Crippen LogP contribution in [0.3, 0.4) is 0 Å². The summed E-state index contributed by atoms with van der Waals surface area (Å²) in [4.78, 5) is 8.91. The molecule has 0 atom stereocenters. The molecule has 0 fully saturated rings. The van der Waals surface area contributed by atoms with Crippen LogP contribution in [0.2, 0.25) is 0 Å². The van der Waals surface area contributed by atoms with Gasteiger partial charge in [0, 0.05) is 31.7 Å². The van der Waals surface area contributed by atoms with Crippen LogP contribution in [0.1, 0.15) is 0 Å². The molecule has 5 aromatic rings. The van der Waals surface area contributed by atoms with Crippen molar-refractivity contribution in [2.24, 2.45) is 0 Å². The Morgan fingerprint density at radius 1 is 0.962 bits per heavy atom. The van der Waals surface area contributed by atoms with E-state index < -0.39 is 0 Å². The van der Waals surface area contributed by atoms with Gasteiger partial charge in [-0.2, -0.15) is 0 Å². The Morgan fingerprint density at radius 3 is 2.69 bits per heavy atom. The molecule has 0 aliphatic rings. The van der Waals surface area contributed by atoms with E-state index in [-0.39, 0.29) is 25.2 Å². The minimum absolute atomic E-state index is 0. The topological polar surface area (TPSA) is 64.1 Å². The van der Waals surface area contributed by atoms with E-state index in [9.17, 15) is 5.11 Å². The standard InChI is InChI=1S/C20H13N3O2.Zn/c24-17-8-7-13-4-1-2-6-15(13)18(17)19-22-16-9-11-25-20(16)23(19)14-5-3-10-21-12-14;/h1-12,24H;. The quantitative estimate of drug-likeness (QED) is 0.448. The van der Waals surface area contributed by atoms with Gasteiger partial charge in [-0.15, -0.1) is 0 Å². The SMILES string of the molecule is Oc1ccc2ccccc2c1-c1nc2ccoc2n1-c1cccnc1.[Zn]. The summed E-state index contributed by atoms with van der Waals surface area (Å²) in [6.45, 7) is 0. The Morgan fingerprint density at radius 2 is 1.85 bits per heavy atom. The predicted molar refractivity (Wildman–Crippen MR) is 95.7 cm³/mol. The van der Waals surface area contributed by atoms with Gasteiger partial charge in [0.1, 0.15) is 11.3 Å². The van der Waals surface area contributed by atoms with Crippen LogP contribution >= 0.6 is 0 Å². The number of furan rings is 1. The first kappa shape index (κ1) is 16.5. The molecule has 2 aromatic carbocycles. The number of benzene rings is 2. The van der Waals surface area contributed by atoms with Gasteiger partial charge in [-0.25, -0.2) is 4.98 Å². The van der Waals surface area contributed by atoms with Gasteiger partial charge < -0.3 is 9.52 Å². The van der Waals surface area contributed by atoms with E-state index in [0.29, 0.717) is 17.1 Å². The van der Waals surface area contributed by atoms with E-state index in [2.05, 4.69) is 4.98 Å². The molecule has 3 heterocycles. The zero-order chi connectivity index (χ0) is 16.8. The van der Waals surface area contributed by atoms with Crippen molar-refractivity contribution in [2.45, 2.75) is 0 Å². The second kappa shape index (κ2) is 6.39. The first-order chi connectivity index (χ1) is 12.3. The van der Waals surface area contributed by atoms with Crippen molar-refractivity contribution in [3.8, 4) is 22.8 Å². The molecule has 0 aliphatic carbocycles. The maximum Gasteiger partial charge on any atom is 0.231 e. The van der Waals surface area contributed by atoms with Crippen LogP contribution in [0.25, 0.3) is 39.1 Å². The van der Waals surface area contributed by atoms with Gasteiger partial charge in [-0.3, -0.25) is 9.55 Å². The minimum atomic E-state index is 0. The Bertz CT molecular complexity index is 1210. The minimum Gasteiger partial charge on any atom is -0.507 e. The maximum atomic E-state index is 10.6. The van der Waals surface area contributed by atoms with Crippen LogP contribution in [-0.4, -0.2) is 19.6 Å². The number of phenolic OH excluding ortho intramolecular Hbond substituents is 1. The number of fused-ring (bicyclic) bond motifs is 2. The summed E-state index contributed by atoms with van der Waals surface area (Å²) < 4.78 is 7.53. The molecule has 5 nitrogen and oxygen atoms in total. The average Bonchev–Trinajstić information content (AvgIpc) is 3.23. The molecule has 0 spiro atoms. The van der Waals surface area contributed by atoms with Gasteiger partial charge >= 0.3 is 0 Å². The summed E-state index contributed by atoms with van der Waals surface area (Å²) in [5.41, 5.74) is 2.84. The molecule has 0 unspecified atom stereocenters. The monoisotopic (exact) mass is 391 g/mol. The van der Waals surface area contributed by atoms with Gasteiger partial charge in [-0.05, 0) is 29.0 Å².